The van der Waals surface area contributed by atoms with Crippen LogP contribution in [0, 0.1) is 11.3 Å². The molecule has 0 saturated heterocycles. The van der Waals surface area contributed by atoms with E-state index < -0.39 is 0 Å². The lowest BCUT2D eigenvalue weighted by atomic mass is 10.1. The van der Waals surface area contributed by atoms with E-state index in [0.717, 1.165) is 12.8 Å². The van der Waals surface area contributed by atoms with Gasteiger partial charge in [-0.1, -0.05) is 30.3 Å². The Labute approximate surface area is 78.8 Å². The quantitative estimate of drug-likeness (QED) is 0.642. The highest BCUT2D eigenvalue weighted by Gasteiger charge is 1.91. The molecule has 1 aromatic carbocycles. The van der Waals surface area contributed by atoms with Crippen LogP contribution in [0.25, 0.3) is 0 Å². The van der Waals surface area contributed by atoms with E-state index in [4.69, 9.17) is 10.00 Å². The number of rotatable bonds is 5. The average molecular weight is 175 g/mol. The average Bonchev–Trinajstić information content (AvgIpc) is 2.19. The van der Waals surface area contributed by atoms with Crippen molar-refractivity contribution in [3.05, 3.63) is 35.9 Å². The smallest absolute Gasteiger partial charge is 0.133 e. The summed E-state index contributed by atoms with van der Waals surface area (Å²) in [7, 11) is 0. The first-order chi connectivity index (χ1) is 6.43. The van der Waals surface area contributed by atoms with Crippen molar-refractivity contribution < 1.29 is 4.74 Å². The van der Waals surface area contributed by atoms with Crippen LogP contribution in [0.3, 0.4) is 0 Å². The third kappa shape index (κ3) is 4.29. The highest BCUT2D eigenvalue weighted by atomic mass is 16.5. The number of hydrogen-bond donors (Lipinski definition) is 0. The molecule has 0 N–H and O–H groups in total. The topological polar surface area (TPSA) is 33.0 Å². The summed E-state index contributed by atoms with van der Waals surface area (Å²) in [6.45, 7) is 0.872. The summed E-state index contributed by atoms with van der Waals surface area (Å²) in [6, 6.07) is 12.2. The maximum Gasteiger partial charge on any atom is 0.133 e. The molecule has 0 fully saturated rings. The van der Waals surface area contributed by atoms with Gasteiger partial charge in [0.1, 0.15) is 6.61 Å². The molecule has 0 amide bonds. The highest BCUT2D eigenvalue weighted by molar-refractivity contribution is 5.14. The second kappa shape index (κ2) is 6.22. The lowest BCUT2D eigenvalue weighted by Crippen LogP contribution is -1.96. The van der Waals surface area contributed by atoms with Gasteiger partial charge in [0.15, 0.2) is 0 Å². The zero-order chi connectivity index (χ0) is 9.36. The van der Waals surface area contributed by atoms with Crippen LogP contribution in [0.1, 0.15) is 12.0 Å². The van der Waals surface area contributed by atoms with Gasteiger partial charge in [-0.25, -0.2) is 0 Å². The molecule has 0 aliphatic heterocycles. The van der Waals surface area contributed by atoms with Crippen molar-refractivity contribution in [2.45, 2.75) is 12.8 Å². The second-order valence-corrected chi connectivity index (χ2v) is 2.80. The molecular weight excluding hydrogens is 162 g/mol. The Bertz CT molecular complexity index is 263. The standard InChI is InChI=1S/C11H13NO/c12-8-10-13-9-4-7-11-5-2-1-3-6-11/h1-3,5-6H,4,7,9-10H2. The first-order valence-corrected chi connectivity index (χ1v) is 4.42. The number of benzene rings is 1. The van der Waals surface area contributed by atoms with E-state index in [1.165, 1.54) is 5.56 Å². The van der Waals surface area contributed by atoms with Crippen LogP contribution in [0.5, 0.6) is 0 Å². The molecule has 13 heavy (non-hydrogen) atoms. The van der Waals surface area contributed by atoms with Crippen LogP contribution in [0.2, 0.25) is 0 Å². The normalized spacial score (nSPS) is 9.46. The van der Waals surface area contributed by atoms with Gasteiger partial charge in [-0.15, -0.1) is 0 Å². The van der Waals surface area contributed by atoms with Crippen molar-refractivity contribution in [3.8, 4) is 6.07 Å². The van der Waals surface area contributed by atoms with Crippen molar-refractivity contribution in [2.24, 2.45) is 0 Å². The molecule has 0 bridgehead atoms. The van der Waals surface area contributed by atoms with Crippen LogP contribution in [-0.4, -0.2) is 13.2 Å². The minimum atomic E-state index is 0.203. The Morgan fingerprint density at radius 2 is 2.00 bits per heavy atom. The van der Waals surface area contributed by atoms with E-state index in [0.29, 0.717) is 6.61 Å². The van der Waals surface area contributed by atoms with Crippen molar-refractivity contribution in [2.75, 3.05) is 13.2 Å². The lowest BCUT2D eigenvalue weighted by Gasteiger charge is -2.00. The maximum atomic E-state index is 8.21. The van der Waals surface area contributed by atoms with Gasteiger partial charge >= 0.3 is 0 Å². The van der Waals surface area contributed by atoms with E-state index in [-0.39, 0.29) is 6.61 Å². The summed E-state index contributed by atoms with van der Waals surface area (Å²) < 4.78 is 5.04. The van der Waals surface area contributed by atoms with E-state index in [9.17, 15) is 0 Å². The molecule has 2 nitrogen and oxygen atoms in total. The molecule has 0 unspecified atom stereocenters. The van der Waals surface area contributed by atoms with Crippen LogP contribution in [-0.2, 0) is 11.2 Å². The molecule has 0 saturated carbocycles. The Morgan fingerprint density at radius 3 is 2.69 bits per heavy atom. The van der Waals surface area contributed by atoms with Gasteiger partial charge in [0.2, 0.25) is 0 Å². The van der Waals surface area contributed by atoms with Crippen LogP contribution < -0.4 is 0 Å². The molecule has 0 atom stereocenters. The largest absolute Gasteiger partial charge is 0.367 e. The molecular formula is C11H13NO. The Balaban J connectivity index is 2.11. The fourth-order valence-corrected chi connectivity index (χ4v) is 1.14. The highest BCUT2D eigenvalue weighted by Crippen LogP contribution is 2.01. The van der Waals surface area contributed by atoms with Crippen LogP contribution >= 0.6 is 0 Å². The molecule has 1 rings (SSSR count). The molecule has 0 radical (unpaired) electrons. The first kappa shape index (κ1) is 9.76. The van der Waals surface area contributed by atoms with Gasteiger partial charge in [0, 0.05) is 6.61 Å². The van der Waals surface area contributed by atoms with Gasteiger partial charge in [-0.2, -0.15) is 5.26 Å². The molecule has 0 aliphatic carbocycles. The molecule has 68 valence electrons. The Morgan fingerprint density at radius 1 is 1.23 bits per heavy atom. The molecule has 0 aromatic heterocycles. The van der Waals surface area contributed by atoms with Gasteiger partial charge in [0.05, 0.1) is 6.07 Å². The fourth-order valence-electron chi connectivity index (χ4n) is 1.14. The summed E-state index contributed by atoms with van der Waals surface area (Å²) in [5.74, 6) is 0. The zero-order valence-electron chi connectivity index (χ0n) is 7.57. The Hall–Kier alpha value is -1.33. The zero-order valence-corrected chi connectivity index (χ0v) is 7.57. The third-order valence-electron chi connectivity index (χ3n) is 1.76. The second-order valence-electron chi connectivity index (χ2n) is 2.80. The minimum absolute atomic E-state index is 0.203. The van der Waals surface area contributed by atoms with E-state index in [2.05, 4.69) is 12.1 Å². The number of hydrogen-bond acceptors (Lipinski definition) is 2. The van der Waals surface area contributed by atoms with Crippen molar-refractivity contribution in [1.29, 1.82) is 5.26 Å². The first-order valence-electron chi connectivity index (χ1n) is 4.42. The summed E-state index contributed by atoms with van der Waals surface area (Å²) in [5, 5.41) is 8.21. The summed E-state index contributed by atoms with van der Waals surface area (Å²) in [5.41, 5.74) is 1.32. The van der Waals surface area contributed by atoms with Crippen molar-refractivity contribution in [3.63, 3.8) is 0 Å². The third-order valence-corrected chi connectivity index (χ3v) is 1.76. The maximum absolute atomic E-state index is 8.21. The SMILES string of the molecule is N#CCOCCCc1ccccc1. The summed E-state index contributed by atoms with van der Waals surface area (Å²) in [4.78, 5) is 0. The van der Waals surface area contributed by atoms with E-state index in [1.54, 1.807) is 0 Å². The molecule has 1 aromatic rings. The molecule has 0 aliphatic rings. The predicted octanol–water partition coefficient (Wildman–Crippen LogP) is 2.16. The number of nitriles is 1. The molecule has 0 heterocycles. The lowest BCUT2D eigenvalue weighted by molar-refractivity contribution is 0.163. The van der Waals surface area contributed by atoms with Gasteiger partial charge in [-0.05, 0) is 18.4 Å². The van der Waals surface area contributed by atoms with Crippen molar-refractivity contribution >= 4 is 0 Å². The van der Waals surface area contributed by atoms with Crippen LogP contribution in [0.4, 0.5) is 0 Å². The number of nitrogens with zero attached hydrogens (tertiary/aromatic N) is 1. The van der Waals surface area contributed by atoms with Gasteiger partial charge in [0.25, 0.3) is 0 Å². The van der Waals surface area contributed by atoms with Gasteiger partial charge < -0.3 is 4.74 Å². The monoisotopic (exact) mass is 175 g/mol. The fraction of sp³-hybridized carbons (Fsp3) is 0.364. The van der Waals surface area contributed by atoms with E-state index in [1.807, 2.05) is 24.3 Å². The Kier molecular flexibility index (Phi) is 4.66. The number of ether oxygens (including phenoxy) is 1. The minimum Gasteiger partial charge on any atom is -0.367 e. The predicted molar refractivity (Wildman–Crippen MR) is 51.2 cm³/mol. The molecule has 0 spiro atoms. The van der Waals surface area contributed by atoms with E-state index >= 15 is 0 Å². The summed E-state index contributed by atoms with van der Waals surface area (Å²) >= 11 is 0. The molecule has 2 heteroatoms. The van der Waals surface area contributed by atoms with Gasteiger partial charge in [-0.3, -0.25) is 0 Å². The summed E-state index contributed by atoms with van der Waals surface area (Å²) in [6.07, 6.45) is 2.00. The van der Waals surface area contributed by atoms with Crippen LogP contribution in [0.15, 0.2) is 30.3 Å². The van der Waals surface area contributed by atoms with Crippen molar-refractivity contribution in [1.82, 2.24) is 0 Å². The number of aryl methyl sites for hydroxylation is 1.